The van der Waals surface area contributed by atoms with E-state index in [1.165, 1.54) is 25.0 Å². The molecule has 1 heterocycles. The number of nitrogens with one attached hydrogen (secondary N) is 2. The van der Waals surface area contributed by atoms with E-state index in [1.54, 1.807) is 59.5 Å². The molecule has 5 aromatic carbocycles. The van der Waals surface area contributed by atoms with Crippen LogP contribution in [0.1, 0.15) is 96.3 Å². The Morgan fingerprint density at radius 3 is 2.01 bits per heavy atom. The van der Waals surface area contributed by atoms with Crippen LogP contribution in [0.3, 0.4) is 0 Å². The van der Waals surface area contributed by atoms with Crippen molar-refractivity contribution in [2.24, 2.45) is 11.1 Å². The molecular formula is C55H57N5O10. The highest BCUT2D eigenvalue weighted by atomic mass is 16.6. The number of esters is 2. The maximum absolute atomic E-state index is 14.8. The molecule has 4 N–H and O–H groups in total. The van der Waals surface area contributed by atoms with Crippen LogP contribution in [0.4, 0.5) is 10.5 Å². The van der Waals surface area contributed by atoms with Gasteiger partial charge in [-0.3, -0.25) is 24.0 Å². The number of nitrogens with two attached hydrogens (primary N) is 1. The zero-order chi connectivity index (χ0) is 50.1. The first-order valence-electron chi connectivity index (χ1n) is 23.0. The highest BCUT2D eigenvalue weighted by Crippen LogP contribution is 2.44. The molecule has 1 unspecified atom stereocenters. The number of benzene rings is 5. The van der Waals surface area contributed by atoms with Gasteiger partial charge in [0.05, 0.1) is 13.7 Å². The van der Waals surface area contributed by atoms with E-state index >= 15 is 0 Å². The molecule has 0 bridgehead atoms. The fourth-order valence-electron chi connectivity index (χ4n) is 8.82. The molecule has 70 heavy (non-hydrogen) atoms. The van der Waals surface area contributed by atoms with Gasteiger partial charge >= 0.3 is 18.0 Å². The average molecular weight is 948 g/mol. The predicted molar refractivity (Wildman–Crippen MR) is 263 cm³/mol. The quantitative estimate of drug-likeness (QED) is 0.0509. The van der Waals surface area contributed by atoms with Crippen LogP contribution in [0.5, 0.6) is 0 Å². The van der Waals surface area contributed by atoms with Gasteiger partial charge in [0.2, 0.25) is 29.7 Å². The number of alkyl carbamates (subject to hydrolysis) is 1. The lowest BCUT2D eigenvalue weighted by molar-refractivity contribution is -0.165. The van der Waals surface area contributed by atoms with Crippen LogP contribution < -0.4 is 21.3 Å². The first kappa shape index (κ1) is 49.8. The normalized spacial score (nSPS) is 15.0. The van der Waals surface area contributed by atoms with E-state index in [9.17, 15) is 33.6 Å². The smallest absolute Gasteiger partial charge is 0.407 e. The Hall–Kier alpha value is -8.07. The van der Waals surface area contributed by atoms with Crippen LogP contribution in [0.15, 0.2) is 127 Å². The van der Waals surface area contributed by atoms with Crippen LogP contribution in [0.25, 0.3) is 17.2 Å². The second-order valence-electron chi connectivity index (χ2n) is 18.3. The van der Waals surface area contributed by atoms with Crippen molar-refractivity contribution in [2.75, 3.05) is 25.2 Å². The van der Waals surface area contributed by atoms with Gasteiger partial charge in [-0.15, -0.1) is 0 Å². The standard InChI is InChI=1S/C55H57N5O10/c1-34(61)70-48(53(66)68-5)38-23-20-35(21-24-38)22-29-47(62)58-49(55(2,3)4)52(65)59-30-10-15-46(59)51(64)60(40-27-25-39(26-28-40)50(56)63)32-37-18-16-36(17-19-37)31-57-54(67)69-33-45-43-13-8-6-11-41(43)42-12-7-9-14-44(42)45/h6-9,11-14,16-29,45-46,48-49H,10,15,30-33H2,1-5H3,(H2,56,63)(H,57,67)(H,58,62)/b29-22+/t46-,48?,49+/m0/s1. The first-order valence-corrected chi connectivity index (χ1v) is 23.0. The van der Waals surface area contributed by atoms with Gasteiger partial charge in [-0.05, 0) is 87.5 Å². The van der Waals surface area contributed by atoms with E-state index in [4.69, 9.17) is 19.9 Å². The number of carbonyl (C=O) groups excluding carboxylic acids is 7. The Balaban J connectivity index is 1.01. The summed E-state index contributed by atoms with van der Waals surface area (Å²) in [4.78, 5) is 94.6. The lowest BCUT2D eigenvalue weighted by Gasteiger charge is -2.36. The van der Waals surface area contributed by atoms with Crippen LogP contribution >= 0.6 is 0 Å². The Bertz CT molecular complexity index is 2740. The Kier molecular flexibility index (Phi) is 15.6. The second-order valence-corrected chi connectivity index (χ2v) is 18.3. The highest BCUT2D eigenvalue weighted by Gasteiger charge is 2.43. The minimum absolute atomic E-state index is 0.0653. The molecule has 15 nitrogen and oxygen atoms in total. The van der Waals surface area contributed by atoms with Crippen LogP contribution in [0, 0.1) is 5.41 Å². The number of amides is 5. The maximum Gasteiger partial charge on any atom is 0.407 e. The molecule has 0 aromatic heterocycles. The molecule has 5 aromatic rings. The molecule has 0 saturated carbocycles. The molecular weight excluding hydrogens is 891 g/mol. The molecule has 2 aliphatic rings. The summed E-state index contributed by atoms with van der Waals surface area (Å²) < 4.78 is 15.6. The second kappa shape index (κ2) is 21.9. The van der Waals surface area contributed by atoms with Crippen LogP contribution in [-0.2, 0) is 51.3 Å². The van der Waals surface area contributed by atoms with E-state index < -0.39 is 59.4 Å². The van der Waals surface area contributed by atoms with Gasteiger partial charge in [-0.2, -0.15) is 0 Å². The number of carbonyl (C=O) groups is 7. The topological polar surface area (TPSA) is 204 Å². The number of rotatable bonds is 16. The summed E-state index contributed by atoms with van der Waals surface area (Å²) in [7, 11) is 1.19. The van der Waals surface area contributed by atoms with E-state index in [0.717, 1.165) is 33.4 Å². The molecule has 1 fully saturated rings. The van der Waals surface area contributed by atoms with Gasteiger partial charge in [-0.25, -0.2) is 9.59 Å². The zero-order valence-corrected chi connectivity index (χ0v) is 39.8. The number of primary amides is 1. The first-order chi connectivity index (χ1) is 33.5. The summed E-state index contributed by atoms with van der Waals surface area (Å²) in [5.41, 5.74) is 12.6. The lowest BCUT2D eigenvalue weighted by atomic mass is 9.85. The van der Waals surface area contributed by atoms with Crippen molar-refractivity contribution < 1.29 is 47.8 Å². The van der Waals surface area contributed by atoms with Gasteiger partial charge in [0.15, 0.2) is 0 Å². The Morgan fingerprint density at radius 1 is 0.814 bits per heavy atom. The monoisotopic (exact) mass is 947 g/mol. The SMILES string of the molecule is COC(=O)C(OC(C)=O)c1ccc(/C=C/C(=O)N[C@H](C(=O)N2CCC[C@H]2C(=O)N(Cc2ccc(CNC(=O)OCC3c4ccccc4-c4ccccc43)cc2)c2ccc(C(N)=O)cc2)C(C)(C)C)cc1. The van der Waals surface area contributed by atoms with Gasteiger partial charge in [-0.1, -0.05) is 118 Å². The minimum Gasteiger partial charge on any atom is -0.466 e. The average Bonchev–Trinajstić information content (AvgIpc) is 3.98. The molecule has 1 saturated heterocycles. The van der Waals surface area contributed by atoms with Crippen LogP contribution in [-0.4, -0.2) is 78.9 Å². The molecule has 362 valence electrons. The van der Waals surface area contributed by atoms with Crippen molar-refractivity contribution in [1.82, 2.24) is 15.5 Å². The third-order valence-corrected chi connectivity index (χ3v) is 12.5. The fraction of sp³-hybridized carbons (Fsp3) is 0.291. The summed E-state index contributed by atoms with van der Waals surface area (Å²) in [6, 6.07) is 34.6. The van der Waals surface area contributed by atoms with Crippen molar-refractivity contribution in [1.29, 1.82) is 0 Å². The molecule has 7 rings (SSSR count). The Morgan fingerprint density at radius 2 is 1.43 bits per heavy atom. The summed E-state index contributed by atoms with van der Waals surface area (Å²) >= 11 is 0. The molecule has 0 radical (unpaired) electrons. The molecule has 1 aliphatic heterocycles. The summed E-state index contributed by atoms with van der Waals surface area (Å²) in [5, 5.41) is 5.71. The molecule has 1 aliphatic carbocycles. The number of hydrogen-bond acceptors (Lipinski definition) is 10. The predicted octanol–water partition coefficient (Wildman–Crippen LogP) is 7.37. The number of anilines is 1. The van der Waals surface area contributed by atoms with E-state index in [2.05, 4.69) is 34.9 Å². The van der Waals surface area contributed by atoms with Crippen molar-refractivity contribution in [3.8, 4) is 11.1 Å². The van der Waals surface area contributed by atoms with Crippen LogP contribution in [0.2, 0.25) is 0 Å². The van der Waals surface area contributed by atoms with E-state index in [-0.39, 0.29) is 37.1 Å². The van der Waals surface area contributed by atoms with Gasteiger partial charge < -0.3 is 40.4 Å². The number of methoxy groups -OCH3 is 1. The summed E-state index contributed by atoms with van der Waals surface area (Å²) in [5.74, 6) is -3.37. The van der Waals surface area contributed by atoms with Gasteiger partial charge in [0.25, 0.3) is 0 Å². The fourth-order valence-corrected chi connectivity index (χ4v) is 8.82. The molecule has 5 amide bonds. The van der Waals surface area contributed by atoms with Crippen molar-refractivity contribution in [3.63, 3.8) is 0 Å². The van der Waals surface area contributed by atoms with Crippen molar-refractivity contribution in [3.05, 3.63) is 166 Å². The highest BCUT2D eigenvalue weighted by molar-refractivity contribution is 6.02. The van der Waals surface area contributed by atoms with Crippen molar-refractivity contribution in [2.45, 2.75) is 77.7 Å². The zero-order valence-electron chi connectivity index (χ0n) is 39.8. The third-order valence-electron chi connectivity index (χ3n) is 12.5. The van der Waals surface area contributed by atoms with Crippen molar-refractivity contribution >= 4 is 53.4 Å². The third kappa shape index (κ3) is 11.8. The number of nitrogens with zero attached hydrogens (tertiary/aromatic N) is 2. The Labute approximate surface area is 407 Å². The molecule has 15 heteroatoms. The summed E-state index contributed by atoms with van der Waals surface area (Å²) in [6.07, 6.45) is 1.98. The molecule has 0 spiro atoms. The number of hydrogen-bond donors (Lipinski definition) is 3. The minimum atomic E-state index is -1.25. The van der Waals surface area contributed by atoms with Gasteiger partial charge in [0, 0.05) is 48.8 Å². The largest absolute Gasteiger partial charge is 0.466 e. The lowest BCUT2D eigenvalue weighted by Crippen LogP contribution is -2.57. The van der Waals surface area contributed by atoms with E-state index in [0.29, 0.717) is 36.2 Å². The maximum atomic E-state index is 14.8. The van der Waals surface area contributed by atoms with Gasteiger partial charge in [0.1, 0.15) is 18.7 Å². The van der Waals surface area contributed by atoms with E-state index in [1.807, 2.05) is 69.3 Å². The summed E-state index contributed by atoms with van der Waals surface area (Å²) in [6.45, 7) is 7.48. The molecule has 3 atom stereocenters. The number of likely N-dealkylation sites (tertiary alicyclic amines) is 1. The number of ether oxygens (including phenoxy) is 3. The number of fused-ring (bicyclic) bond motifs is 3.